The molecule has 1 saturated heterocycles. The highest BCUT2D eigenvalue weighted by Crippen LogP contribution is 2.56. The number of carbonyl (C=O) groups is 2. The summed E-state index contributed by atoms with van der Waals surface area (Å²) < 4.78 is 5.36. The highest BCUT2D eigenvalue weighted by Gasteiger charge is 2.66. The van der Waals surface area contributed by atoms with Gasteiger partial charge in [-0.15, -0.1) is 0 Å². The molecule has 3 aromatic rings. The molecule has 0 saturated carbocycles. The van der Waals surface area contributed by atoms with E-state index in [2.05, 4.69) is 12.1 Å². The van der Waals surface area contributed by atoms with Gasteiger partial charge in [-0.2, -0.15) is 5.26 Å². The van der Waals surface area contributed by atoms with Crippen LogP contribution in [-0.4, -0.2) is 30.9 Å². The number of nitrogens with zero attached hydrogens (tertiary/aromatic N) is 2. The van der Waals surface area contributed by atoms with Crippen LogP contribution in [0, 0.1) is 23.7 Å². The van der Waals surface area contributed by atoms with Crippen LogP contribution in [0.1, 0.15) is 39.4 Å². The molecular weight excluding hydrogens is 438 g/mol. The third-order valence-corrected chi connectivity index (χ3v) is 7.54. The summed E-state index contributed by atoms with van der Waals surface area (Å²) in [6.45, 7) is 2.03. The van der Waals surface area contributed by atoms with E-state index in [1.54, 1.807) is 31.4 Å². The number of amides is 1. The third-order valence-electron chi connectivity index (χ3n) is 7.54. The van der Waals surface area contributed by atoms with Crippen molar-refractivity contribution in [3.05, 3.63) is 95.1 Å². The quantitative estimate of drug-likeness (QED) is 0.571. The minimum absolute atomic E-state index is 0.172. The van der Waals surface area contributed by atoms with Gasteiger partial charge in [-0.1, -0.05) is 60.2 Å². The molecule has 6 nitrogen and oxygen atoms in total. The van der Waals surface area contributed by atoms with Crippen LogP contribution in [0.25, 0.3) is 0 Å². The molecule has 1 fully saturated rings. The van der Waals surface area contributed by atoms with Crippen LogP contribution in [0.4, 0.5) is 5.69 Å². The van der Waals surface area contributed by atoms with Crippen LogP contribution >= 0.6 is 0 Å². The molecule has 1 amide bonds. The van der Waals surface area contributed by atoms with Crippen LogP contribution in [0.15, 0.2) is 72.8 Å². The Balaban J connectivity index is 1.79. The first-order valence-electron chi connectivity index (χ1n) is 11.7. The maximum atomic E-state index is 14.3. The van der Waals surface area contributed by atoms with Gasteiger partial charge >= 0.3 is 0 Å². The van der Waals surface area contributed by atoms with Gasteiger partial charge in [0.1, 0.15) is 11.8 Å². The second-order valence-electron chi connectivity index (χ2n) is 9.37. The number of nitrogens with two attached hydrogens (primary N) is 1. The van der Waals surface area contributed by atoms with Gasteiger partial charge in [-0.05, 0) is 49.1 Å². The number of hydrogen-bond acceptors (Lipinski definition) is 5. The van der Waals surface area contributed by atoms with Crippen LogP contribution in [0.5, 0.6) is 5.75 Å². The van der Waals surface area contributed by atoms with E-state index in [1.165, 1.54) is 0 Å². The van der Waals surface area contributed by atoms with E-state index >= 15 is 0 Å². The molecule has 4 atom stereocenters. The lowest BCUT2D eigenvalue weighted by Crippen LogP contribution is -2.50. The number of ether oxygens (including phenoxy) is 1. The second kappa shape index (κ2) is 8.59. The van der Waals surface area contributed by atoms with Crippen molar-refractivity contribution in [2.45, 2.75) is 37.8 Å². The van der Waals surface area contributed by atoms with Gasteiger partial charge < -0.3 is 15.4 Å². The fraction of sp³-hybridized carbons (Fsp3) is 0.276. The highest BCUT2D eigenvalue weighted by molar-refractivity contribution is 6.06. The summed E-state index contributed by atoms with van der Waals surface area (Å²) in [5.74, 6) is -1.03. The van der Waals surface area contributed by atoms with Crippen molar-refractivity contribution in [1.82, 2.24) is 0 Å². The summed E-state index contributed by atoms with van der Waals surface area (Å²) in [5.41, 5.74) is 8.81. The normalized spacial score (nSPS) is 24.7. The molecule has 5 rings (SSSR count). The summed E-state index contributed by atoms with van der Waals surface area (Å²) in [7, 11) is 1.55. The molecule has 35 heavy (non-hydrogen) atoms. The number of fused-ring (bicyclic) bond motifs is 3. The van der Waals surface area contributed by atoms with Crippen molar-refractivity contribution in [2.75, 3.05) is 12.0 Å². The molecule has 0 aromatic heterocycles. The van der Waals surface area contributed by atoms with Crippen LogP contribution in [0.2, 0.25) is 0 Å². The molecule has 0 spiro atoms. The number of benzene rings is 3. The average molecular weight is 466 g/mol. The number of Topliss-reactive ketones (excluding diaryl/α,β-unsaturated/α-hetero) is 1. The van der Waals surface area contributed by atoms with Crippen LogP contribution in [-0.2, 0) is 11.2 Å². The van der Waals surface area contributed by atoms with Crippen LogP contribution < -0.4 is 15.4 Å². The van der Waals surface area contributed by atoms with Crippen molar-refractivity contribution in [2.24, 2.45) is 11.1 Å². The van der Waals surface area contributed by atoms with E-state index in [0.29, 0.717) is 24.2 Å². The van der Waals surface area contributed by atoms with Gasteiger partial charge in [0, 0.05) is 17.2 Å². The first kappa shape index (κ1) is 22.7. The Morgan fingerprint density at radius 2 is 1.86 bits per heavy atom. The Morgan fingerprint density at radius 1 is 1.09 bits per heavy atom. The lowest BCUT2D eigenvalue weighted by atomic mass is 9.66. The Kier molecular flexibility index (Phi) is 5.56. The highest BCUT2D eigenvalue weighted by atomic mass is 16.5. The second-order valence-corrected chi connectivity index (χ2v) is 9.37. The Labute approximate surface area is 204 Å². The molecule has 0 unspecified atom stereocenters. The summed E-state index contributed by atoms with van der Waals surface area (Å²) in [5, 5.41) is 10.6. The zero-order valence-electron chi connectivity index (χ0n) is 19.8. The molecule has 0 radical (unpaired) electrons. The number of carbonyl (C=O) groups excluding carboxylic acids is 2. The fourth-order valence-electron chi connectivity index (χ4n) is 6.02. The summed E-state index contributed by atoms with van der Waals surface area (Å²) in [6.07, 6.45) is 1.26. The smallest absolute Gasteiger partial charge is 0.240 e. The minimum atomic E-state index is -1.57. The molecule has 6 heteroatoms. The van der Waals surface area contributed by atoms with Gasteiger partial charge in [-0.25, -0.2) is 0 Å². The van der Waals surface area contributed by atoms with E-state index in [-0.39, 0.29) is 5.78 Å². The maximum absolute atomic E-state index is 14.3. The SMILES string of the molecule is COc1cccc(C(=O)[C@@H]2[C@@H](c3ccccc3)[C@](C#N)(C(N)=O)[C@H]3CCc4cc(C)ccc4N23)c1. The molecule has 0 aliphatic carbocycles. The summed E-state index contributed by atoms with van der Waals surface area (Å²) in [4.78, 5) is 29.5. The zero-order chi connectivity index (χ0) is 24.7. The number of ketones is 1. The number of nitriles is 1. The Hall–Kier alpha value is -4.11. The number of methoxy groups -OCH3 is 1. The van der Waals surface area contributed by atoms with E-state index in [0.717, 1.165) is 22.4 Å². The first-order valence-corrected chi connectivity index (χ1v) is 11.7. The van der Waals surface area contributed by atoms with E-state index in [1.807, 2.05) is 54.3 Å². The predicted octanol–water partition coefficient (Wildman–Crippen LogP) is 4.17. The standard InChI is InChI=1S/C29H27N3O3/c1-18-11-13-23-20(15-18)12-14-24-29(17-30,28(31)34)25(19-7-4-3-5-8-19)26(32(23)24)27(33)21-9-6-10-22(16-21)35-2/h3-11,13,15-16,24-26H,12,14H2,1-2H3,(H2,31,34)/t24-,25-,26+,29-/m1/s1. The number of aryl methyl sites for hydroxylation is 2. The lowest BCUT2D eigenvalue weighted by Gasteiger charge is -2.39. The van der Waals surface area contributed by atoms with Gasteiger partial charge in [0.15, 0.2) is 11.2 Å². The van der Waals surface area contributed by atoms with Crippen molar-refractivity contribution in [1.29, 1.82) is 5.26 Å². The average Bonchev–Trinajstić information content (AvgIpc) is 3.20. The van der Waals surface area contributed by atoms with Gasteiger partial charge in [0.05, 0.1) is 19.2 Å². The molecule has 176 valence electrons. The van der Waals surface area contributed by atoms with Gasteiger partial charge in [0.2, 0.25) is 5.91 Å². The topological polar surface area (TPSA) is 96.4 Å². The fourth-order valence-corrected chi connectivity index (χ4v) is 6.02. The number of anilines is 1. The van der Waals surface area contributed by atoms with Crippen LogP contribution in [0.3, 0.4) is 0 Å². The third kappa shape index (κ3) is 3.38. The minimum Gasteiger partial charge on any atom is -0.497 e. The van der Waals surface area contributed by atoms with E-state index in [9.17, 15) is 14.9 Å². The summed E-state index contributed by atoms with van der Waals surface area (Å²) >= 11 is 0. The molecule has 2 aliphatic heterocycles. The zero-order valence-corrected chi connectivity index (χ0v) is 19.8. The Bertz CT molecular complexity index is 1350. The van der Waals surface area contributed by atoms with E-state index < -0.39 is 29.3 Å². The van der Waals surface area contributed by atoms with Gasteiger partial charge in [-0.3, -0.25) is 9.59 Å². The van der Waals surface area contributed by atoms with Crippen molar-refractivity contribution < 1.29 is 14.3 Å². The molecular formula is C29H27N3O3. The lowest BCUT2D eigenvalue weighted by molar-refractivity contribution is -0.125. The molecule has 2 heterocycles. The molecule has 3 aromatic carbocycles. The molecule has 2 N–H and O–H groups in total. The van der Waals surface area contributed by atoms with Crippen molar-refractivity contribution >= 4 is 17.4 Å². The number of primary amides is 1. The maximum Gasteiger partial charge on any atom is 0.240 e. The molecule has 2 aliphatic rings. The number of hydrogen-bond donors (Lipinski definition) is 1. The Morgan fingerprint density at radius 3 is 2.54 bits per heavy atom. The molecule has 0 bridgehead atoms. The predicted molar refractivity (Wildman–Crippen MR) is 133 cm³/mol. The monoisotopic (exact) mass is 465 g/mol. The first-order chi connectivity index (χ1) is 16.9. The number of rotatable bonds is 5. The van der Waals surface area contributed by atoms with Crippen molar-refractivity contribution in [3.63, 3.8) is 0 Å². The van der Waals surface area contributed by atoms with Crippen molar-refractivity contribution in [3.8, 4) is 11.8 Å². The largest absolute Gasteiger partial charge is 0.497 e. The van der Waals surface area contributed by atoms with E-state index in [4.69, 9.17) is 10.5 Å². The summed E-state index contributed by atoms with van der Waals surface area (Å²) in [6, 6.07) is 23.5. The van der Waals surface area contributed by atoms with Gasteiger partial charge in [0.25, 0.3) is 0 Å².